The van der Waals surface area contributed by atoms with Gasteiger partial charge in [0.25, 0.3) is 0 Å². The summed E-state index contributed by atoms with van der Waals surface area (Å²) in [6.07, 6.45) is 2.56. The summed E-state index contributed by atoms with van der Waals surface area (Å²) in [5.74, 6) is 0.206. The first-order valence-electron chi connectivity index (χ1n) is 7.57. The Bertz CT molecular complexity index is 327. The van der Waals surface area contributed by atoms with Gasteiger partial charge >= 0.3 is 0 Å². The van der Waals surface area contributed by atoms with Crippen molar-refractivity contribution >= 4 is 11.8 Å². The van der Waals surface area contributed by atoms with Gasteiger partial charge in [-0.15, -0.1) is 0 Å². The minimum absolute atomic E-state index is 0.0451. The van der Waals surface area contributed by atoms with E-state index in [2.05, 4.69) is 0 Å². The molecule has 1 atom stereocenters. The van der Waals surface area contributed by atoms with Crippen LogP contribution in [0.25, 0.3) is 0 Å². The van der Waals surface area contributed by atoms with Crippen LogP contribution in [0.2, 0.25) is 0 Å². The fourth-order valence-electron chi connectivity index (χ4n) is 2.61. The zero-order valence-corrected chi connectivity index (χ0v) is 13.2. The van der Waals surface area contributed by atoms with Crippen molar-refractivity contribution in [3.8, 4) is 0 Å². The fourth-order valence-corrected chi connectivity index (χ4v) is 2.61. The number of nitrogens with zero attached hydrogens (tertiary/aromatic N) is 2. The van der Waals surface area contributed by atoms with E-state index in [4.69, 9.17) is 4.74 Å². The van der Waals surface area contributed by atoms with E-state index in [-0.39, 0.29) is 17.7 Å². The zero-order valence-electron chi connectivity index (χ0n) is 13.2. The molecule has 20 heavy (non-hydrogen) atoms. The second kappa shape index (κ2) is 8.25. The van der Waals surface area contributed by atoms with Crippen LogP contribution in [0.15, 0.2) is 0 Å². The second-order valence-electron chi connectivity index (χ2n) is 5.58. The van der Waals surface area contributed by atoms with Crippen LogP contribution in [0.3, 0.4) is 0 Å². The standard InChI is InChI=1S/C15H28N2O3/c1-5-17(13(3)18)9-6-12(2)15(19)16(4)14-7-10-20-11-8-14/h12,14H,5-11H2,1-4H3/t12-/m1/s1. The summed E-state index contributed by atoms with van der Waals surface area (Å²) in [6, 6.07) is 0.300. The Morgan fingerprint density at radius 1 is 1.30 bits per heavy atom. The smallest absolute Gasteiger partial charge is 0.225 e. The quantitative estimate of drug-likeness (QED) is 0.743. The third kappa shape index (κ3) is 4.78. The average Bonchev–Trinajstić information content (AvgIpc) is 2.46. The van der Waals surface area contributed by atoms with Gasteiger partial charge in [-0.2, -0.15) is 0 Å². The van der Waals surface area contributed by atoms with Crippen molar-refractivity contribution < 1.29 is 14.3 Å². The molecule has 0 radical (unpaired) electrons. The normalized spacial score (nSPS) is 17.6. The van der Waals surface area contributed by atoms with Crippen molar-refractivity contribution in [1.29, 1.82) is 0 Å². The molecule has 0 bridgehead atoms. The van der Waals surface area contributed by atoms with Crippen molar-refractivity contribution in [2.75, 3.05) is 33.4 Å². The van der Waals surface area contributed by atoms with Gasteiger partial charge in [0.2, 0.25) is 11.8 Å². The molecule has 1 aliphatic heterocycles. The molecule has 0 spiro atoms. The topological polar surface area (TPSA) is 49.9 Å². The molecule has 1 saturated heterocycles. The summed E-state index contributed by atoms with van der Waals surface area (Å²) in [6.45, 7) is 8.32. The maximum absolute atomic E-state index is 12.4. The molecule has 0 aromatic carbocycles. The summed E-state index contributed by atoms with van der Waals surface area (Å²) in [5, 5.41) is 0. The monoisotopic (exact) mass is 284 g/mol. The highest BCUT2D eigenvalue weighted by molar-refractivity contribution is 5.78. The Morgan fingerprint density at radius 2 is 1.90 bits per heavy atom. The van der Waals surface area contributed by atoms with Crippen LogP contribution in [-0.4, -0.2) is 61.0 Å². The highest BCUT2D eigenvalue weighted by atomic mass is 16.5. The van der Waals surface area contributed by atoms with Crippen molar-refractivity contribution in [2.45, 2.75) is 46.1 Å². The molecule has 0 unspecified atom stereocenters. The van der Waals surface area contributed by atoms with E-state index < -0.39 is 0 Å². The van der Waals surface area contributed by atoms with E-state index in [0.717, 1.165) is 32.5 Å². The summed E-state index contributed by atoms with van der Waals surface area (Å²) in [5.41, 5.74) is 0. The zero-order chi connectivity index (χ0) is 15.1. The highest BCUT2D eigenvalue weighted by Crippen LogP contribution is 2.17. The van der Waals surface area contributed by atoms with Crippen LogP contribution in [0.4, 0.5) is 0 Å². The van der Waals surface area contributed by atoms with Crippen LogP contribution < -0.4 is 0 Å². The lowest BCUT2D eigenvalue weighted by molar-refractivity contribution is -0.138. The van der Waals surface area contributed by atoms with E-state index in [1.54, 1.807) is 11.8 Å². The van der Waals surface area contributed by atoms with Crippen molar-refractivity contribution in [3.05, 3.63) is 0 Å². The van der Waals surface area contributed by atoms with Crippen LogP contribution in [0, 0.1) is 5.92 Å². The molecule has 5 heteroatoms. The fraction of sp³-hybridized carbons (Fsp3) is 0.867. The van der Waals surface area contributed by atoms with Crippen LogP contribution >= 0.6 is 0 Å². The van der Waals surface area contributed by atoms with E-state index in [1.165, 1.54) is 0 Å². The molecule has 116 valence electrons. The third-order valence-corrected chi connectivity index (χ3v) is 4.17. The molecule has 1 aliphatic rings. The first-order chi connectivity index (χ1) is 9.47. The predicted octanol–water partition coefficient (Wildman–Crippen LogP) is 1.52. The number of ether oxygens (including phenoxy) is 1. The maximum Gasteiger partial charge on any atom is 0.225 e. The Balaban J connectivity index is 2.43. The Hall–Kier alpha value is -1.10. The van der Waals surface area contributed by atoms with Crippen molar-refractivity contribution in [2.24, 2.45) is 5.92 Å². The molecule has 1 heterocycles. The summed E-state index contributed by atoms with van der Waals surface area (Å²) < 4.78 is 5.33. The average molecular weight is 284 g/mol. The van der Waals surface area contributed by atoms with Gasteiger partial charge in [0.15, 0.2) is 0 Å². The molecule has 0 N–H and O–H groups in total. The van der Waals surface area contributed by atoms with Gasteiger partial charge in [-0.25, -0.2) is 0 Å². The molecular formula is C15H28N2O3. The van der Waals surface area contributed by atoms with E-state index in [1.807, 2.05) is 25.8 Å². The lowest BCUT2D eigenvalue weighted by Gasteiger charge is -2.33. The number of carbonyl (C=O) groups excluding carboxylic acids is 2. The number of carbonyl (C=O) groups is 2. The molecule has 0 aromatic heterocycles. The Morgan fingerprint density at radius 3 is 2.40 bits per heavy atom. The lowest BCUT2D eigenvalue weighted by atomic mass is 10.0. The van der Waals surface area contributed by atoms with Crippen molar-refractivity contribution in [3.63, 3.8) is 0 Å². The number of amides is 2. The van der Waals surface area contributed by atoms with Crippen LogP contribution in [0.5, 0.6) is 0 Å². The summed E-state index contributed by atoms with van der Waals surface area (Å²) in [4.78, 5) is 27.4. The van der Waals surface area contributed by atoms with Gasteiger partial charge < -0.3 is 14.5 Å². The lowest BCUT2D eigenvalue weighted by Crippen LogP contribution is -2.43. The molecule has 0 aliphatic carbocycles. The summed E-state index contributed by atoms with van der Waals surface area (Å²) >= 11 is 0. The first kappa shape index (κ1) is 17.0. The molecule has 0 aromatic rings. The number of rotatable bonds is 6. The van der Waals surface area contributed by atoms with Gasteiger partial charge in [0.05, 0.1) is 0 Å². The van der Waals surface area contributed by atoms with Gasteiger partial charge in [-0.05, 0) is 26.2 Å². The molecule has 2 amide bonds. The largest absolute Gasteiger partial charge is 0.381 e. The van der Waals surface area contributed by atoms with Crippen molar-refractivity contribution in [1.82, 2.24) is 9.80 Å². The van der Waals surface area contributed by atoms with Gasteiger partial charge in [0, 0.05) is 52.2 Å². The second-order valence-corrected chi connectivity index (χ2v) is 5.58. The predicted molar refractivity (Wildman–Crippen MR) is 78.3 cm³/mol. The minimum atomic E-state index is -0.0451. The Labute approximate surface area is 122 Å². The summed E-state index contributed by atoms with van der Waals surface area (Å²) in [7, 11) is 1.89. The maximum atomic E-state index is 12.4. The number of hydrogen-bond donors (Lipinski definition) is 0. The van der Waals surface area contributed by atoms with E-state index >= 15 is 0 Å². The van der Waals surface area contributed by atoms with Crippen LogP contribution in [-0.2, 0) is 14.3 Å². The Kier molecular flexibility index (Phi) is 6.99. The molecule has 0 saturated carbocycles. The third-order valence-electron chi connectivity index (χ3n) is 4.17. The molecular weight excluding hydrogens is 256 g/mol. The number of hydrogen-bond acceptors (Lipinski definition) is 3. The van der Waals surface area contributed by atoms with Gasteiger partial charge in [0.1, 0.15) is 0 Å². The highest BCUT2D eigenvalue weighted by Gasteiger charge is 2.26. The van der Waals surface area contributed by atoms with E-state index in [9.17, 15) is 9.59 Å². The molecule has 1 fully saturated rings. The van der Waals surface area contributed by atoms with Gasteiger partial charge in [-0.1, -0.05) is 6.92 Å². The minimum Gasteiger partial charge on any atom is -0.381 e. The van der Waals surface area contributed by atoms with E-state index in [0.29, 0.717) is 19.1 Å². The SMILES string of the molecule is CCN(CC[C@@H](C)C(=O)N(C)C1CCOCC1)C(C)=O. The van der Waals surface area contributed by atoms with Gasteiger partial charge in [-0.3, -0.25) is 9.59 Å². The van der Waals surface area contributed by atoms with Crippen LogP contribution in [0.1, 0.15) is 40.0 Å². The first-order valence-corrected chi connectivity index (χ1v) is 7.57. The molecule has 1 rings (SSSR count). The molecule has 5 nitrogen and oxygen atoms in total.